The highest BCUT2D eigenvalue weighted by Gasteiger charge is 2.36. The molecule has 8 heteroatoms. The molecule has 0 saturated carbocycles. The van der Waals surface area contributed by atoms with E-state index < -0.39 is 30.1 Å². The second-order valence-corrected chi connectivity index (χ2v) is 6.04. The summed E-state index contributed by atoms with van der Waals surface area (Å²) in [5.41, 5.74) is -0.985. The molecule has 0 bridgehead atoms. The van der Waals surface area contributed by atoms with Crippen molar-refractivity contribution in [1.29, 1.82) is 0 Å². The summed E-state index contributed by atoms with van der Waals surface area (Å²) in [6, 6.07) is 8.32. The minimum absolute atomic E-state index is 0.0366. The molecule has 0 spiro atoms. The van der Waals surface area contributed by atoms with Crippen molar-refractivity contribution in [3.63, 3.8) is 0 Å². The predicted octanol–water partition coefficient (Wildman–Crippen LogP) is 5.84. The van der Waals surface area contributed by atoms with E-state index in [1.165, 1.54) is 0 Å². The van der Waals surface area contributed by atoms with Gasteiger partial charge in [-0.25, -0.2) is 0 Å². The van der Waals surface area contributed by atoms with Crippen LogP contribution in [0.3, 0.4) is 0 Å². The number of aliphatic hydroxyl groups is 1. The van der Waals surface area contributed by atoms with Crippen LogP contribution in [0, 0.1) is 0 Å². The molecule has 2 aromatic carbocycles. The molecule has 0 aliphatic rings. The third-order valence-electron chi connectivity index (χ3n) is 4.06. The zero-order valence-corrected chi connectivity index (χ0v) is 14.9. The molecule has 0 heterocycles. The van der Waals surface area contributed by atoms with E-state index in [4.69, 9.17) is 4.74 Å². The van der Waals surface area contributed by atoms with E-state index in [2.05, 4.69) is 0 Å². The number of benzene rings is 2. The monoisotopic (exact) mass is 404 g/mol. The maximum absolute atomic E-state index is 12.9. The third kappa shape index (κ3) is 5.59. The lowest BCUT2D eigenvalue weighted by atomic mass is 10.0. The Bertz CT molecular complexity index is 805. The number of allylic oxidation sites excluding steroid dienone is 1. The molecule has 0 fully saturated rings. The van der Waals surface area contributed by atoms with E-state index in [0.29, 0.717) is 28.8 Å². The van der Waals surface area contributed by atoms with Gasteiger partial charge in [-0.15, -0.1) is 0 Å². The van der Waals surface area contributed by atoms with Gasteiger partial charge in [-0.05, 0) is 47.4 Å². The molecule has 0 aliphatic carbocycles. The van der Waals surface area contributed by atoms with Gasteiger partial charge in [0.1, 0.15) is 0 Å². The lowest BCUT2D eigenvalue weighted by Gasteiger charge is -2.15. The second kappa shape index (κ2) is 8.79. The first kappa shape index (κ1) is 22.0. The van der Waals surface area contributed by atoms with Crippen molar-refractivity contribution in [2.45, 2.75) is 32.5 Å². The first-order valence-corrected chi connectivity index (χ1v) is 8.26. The van der Waals surface area contributed by atoms with Crippen LogP contribution in [0.5, 0.6) is 0 Å². The number of rotatable bonds is 6. The summed E-state index contributed by atoms with van der Waals surface area (Å²) in [6.45, 7) is 1.05. The maximum Gasteiger partial charge on any atom is 0.416 e. The summed E-state index contributed by atoms with van der Waals surface area (Å²) >= 11 is 0. The molecule has 0 aromatic heterocycles. The summed E-state index contributed by atoms with van der Waals surface area (Å²) in [6.07, 6.45) is -8.09. The van der Waals surface area contributed by atoms with Crippen LogP contribution < -0.4 is 0 Å². The summed E-state index contributed by atoms with van der Waals surface area (Å²) < 4.78 is 82.8. The lowest BCUT2D eigenvalue weighted by molar-refractivity contribution is -0.143. The minimum atomic E-state index is -4.90. The van der Waals surface area contributed by atoms with Gasteiger partial charge in [-0.3, -0.25) is 0 Å². The molecule has 0 aliphatic heterocycles. The fourth-order valence-corrected chi connectivity index (χ4v) is 2.67. The summed E-state index contributed by atoms with van der Waals surface area (Å²) in [5, 5.41) is 9.40. The third-order valence-corrected chi connectivity index (χ3v) is 4.06. The molecule has 2 aromatic rings. The average molecular weight is 404 g/mol. The van der Waals surface area contributed by atoms with Crippen LogP contribution in [0.2, 0.25) is 0 Å². The number of hydrogen-bond donors (Lipinski definition) is 1. The van der Waals surface area contributed by atoms with Crippen molar-refractivity contribution in [1.82, 2.24) is 0 Å². The van der Waals surface area contributed by atoms with Crippen LogP contribution in [0.4, 0.5) is 26.3 Å². The normalized spacial score (nSPS) is 13.1. The fourth-order valence-electron chi connectivity index (χ4n) is 2.67. The molecule has 2 rings (SSSR count). The van der Waals surface area contributed by atoms with Crippen molar-refractivity contribution in [3.8, 4) is 0 Å². The Labute approximate surface area is 158 Å². The van der Waals surface area contributed by atoms with E-state index >= 15 is 0 Å². The number of hydrogen-bond acceptors (Lipinski definition) is 2. The summed E-state index contributed by atoms with van der Waals surface area (Å²) in [7, 11) is 0. The van der Waals surface area contributed by atoms with Crippen LogP contribution in [0.1, 0.15) is 34.7 Å². The van der Waals surface area contributed by atoms with Gasteiger partial charge in [0.25, 0.3) is 0 Å². The Hall–Kier alpha value is -2.32. The highest BCUT2D eigenvalue weighted by molar-refractivity contribution is 5.68. The molecule has 2 nitrogen and oxygen atoms in total. The fraction of sp³-hybridized carbons (Fsp3) is 0.300. The molecule has 28 heavy (non-hydrogen) atoms. The quantitative estimate of drug-likeness (QED) is 0.614. The Morgan fingerprint density at radius 2 is 1.54 bits per heavy atom. The first-order chi connectivity index (χ1) is 13.1. The van der Waals surface area contributed by atoms with E-state index in [-0.39, 0.29) is 24.8 Å². The van der Waals surface area contributed by atoms with E-state index in [1.807, 2.05) is 0 Å². The van der Waals surface area contributed by atoms with Crippen molar-refractivity contribution in [3.05, 3.63) is 76.4 Å². The van der Waals surface area contributed by atoms with Gasteiger partial charge < -0.3 is 9.84 Å². The maximum atomic E-state index is 12.9. The highest BCUT2D eigenvalue weighted by Crippen LogP contribution is 2.36. The van der Waals surface area contributed by atoms with Crippen molar-refractivity contribution < 1.29 is 36.2 Å². The summed E-state index contributed by atoms with van der Waals surface area (Å²) in [5.74, 6) is 0. The first-order valence-electron chi connectivity index (χ1n) is 8.26. The summed E-state index contributed by atoms with van der Waals surface area (Å²) in [4.78, 5) is 0. The van der Waals surface area contributed by atoms with Crippen LogP contribution in [-0.4, -0.2) is 11.7 Å². The van der Waals surface area contributed by atoms with Gasteiger partial charge in [0.15, 0.2) is 0 Å². The van der Waals surface area contributed by atoms with Crippen LogP contribution >= 0.6 is 0 Å². The van der Waals surface area contributed by atoms with Crippen LogP contribution in [-0.2, 0) is 30.3 Å². The van der Waals surface area contributed by atoms with Crippen molar-refractivity contribution in [2.24, 2.45) is 0 Å². The molecular weight excluding hydrogens is 386 g/mol. The van der Waals surface area contributed by atoms with Crippen molar-refractivity contribution in [2.75, 3.05) is 6.61 Å². The SMILES string of the molecule is CC=C(COCc1cc(C(F)(F)F)cc(C(F)(F)F)c1)c1ccccc1CO. The molecule has 0 saturated heterocycles. The van der Waals surface area contributed by atoms with Gasteiger partial charge >= 0.3 is 12.4 Å². The Morgan fingerprint density at radius 3 is 2.04 bits per heavy atom. The number of aliphatic hydroxyl groups excluding tert-OH is 1. The molecule has 0 amide bonds. The van der Waals surface area contributed by atoms with E-state index in [0.717, 1.165) is 0 Å². The minimum Gasteiger partial charge on any atom is -0.392 e. The largest absolute Gasteiger partial charge is 0.416 e. The number of alkyl halides is 6. The van der Waals surface area contributed by atoms with Gasteiger partial charge in [-0.1, -0.05) is 30.3 Å². The molecule has 1 N–H and O–H groups in total. The number of halogens is 6. The molecule has 0 radical (unpaired) electrons. The van der Waals surface area contributed by atoms with Gasteiger partial charge in [0.05, 0.1) is 30.9 Å². The smallest absolute Gasteiger partial charge is 0.392 e. The van der Waals surface area contributed by atoms with Crippen LogP contribution in [0.15, 0.2) is 48.5 Å². The topological polar surface area (TPSA) is 29.5 Å². The standard InChI is InChI=1S/C20H18F6O2/c1-2-14(18-6-4-3-5-15(18)10-27)12-28-11-13-7-16(19(21,22)23)9-17(8-13)20(24,25)26/h2-9,27H,10-12H2,1H3. The number of ether oxygens (including phenoxy) is 1. The molecule has 0 unspecified atom stereocenters. The molecular formula is C20H18F6O2. The second-order valence-electron chi connectivity index (χ2n) is 6.04. The average Bonchev–Trinajstić information content (AvgIpc) is 2.63. The van der Waals surface area contributed by atoms with Crippen LogP contribution in [0.25, 0.3) is 5.57 Å². The van der Waals surface area contributed by atoms with Gasteiger partial charge in [0.2, 0.25) is 0 Å². The Morgan fingerprint density at radius 1 is 0.964 bits per heavy atom. The van der Waals surface area contributed by atoms with Gasteiger partial charge in [-0.2, -0.15) is 26.3 Å². The Balaban J connectivity index is 2.19. The van der Waals surface area contributed by atoms with E-state index in [9.17, 15) is 31.4 Å². The highest BCUT2D eigenvalue weighted by atomic mass is 19.4. The zero-order valence-electron chi connectivity index (χ0n) is 14.9. The van der Waals surface area contributed by atoms with Gasteiger partial charge in [0, 0.05) is 0 Å². The molecule has 0 atom stereocenters. The lowest BCUT2D eigenvalue weighted by Crippen LogP contribution is -2.12. The predicted molar refractivity (Wildman–Crippen MR) is 92.1 cm³/mol. The Kier molecular flexibility index (Phi) is 6.90. The van der Waals surface area contributed by atoms with Crippen molar-refractivity contribution >= 4 is 5.57 Å². The molecule has 152 valence electrons. The van der Waals surface area contributed by atoms with E-state index in [1.54, 1.807) is 37.3 Å². The zero-order chi connectivity index (χ0) is 20.9.